The third-order valence-corrected chi connectivity index (χ3v) is 6.92. The monoisotopic (exact) mass is 412 g/mol. The number of hydrogen-bond acceptors (Lipinski definition) is 4. The number of rotatable bonds is 3. The van der Waals surface area contributed by atoms with E-state index in [1.165, 1.54) is 23.5 Å². The van der Waals surface area contributed by atoms with E-state index in [4.69, 9.17) is 0 Å². The maximum Gasteiger partial charge on any atom is 0.270 e. The Hall–Kier alpha value is -2.74. The molecule has 0 saturated heterocycles. The highest BCUT2D eigenvalue weighted by Crippen LogP contribution is 2.46. The van der Waals surface area contributed by atoms with Gasteiger partial charge in [0.1, 0.15) is 11.5 Å². The molecule has 1 aromatic carbocycles. The first-order valence-corrected chi connectivity index (χ1v) is 10.5. The van der Waals surface area contributed by atoms with Crippen LogP contribution in [0.1, 0.15) is 46.4 Å². The minimum Gasteiger partial charge on any atom is -0.350 e. The van der Waals surface area contributed by atoms with Gasteiger partial charge in [-0.15, -0.1) is 0 Å². The summed E-state index contributed by atoms with van der Waals surface area (Å²) >= 11 is 1.44. The van der Waals surface area contributed by atoms with Gasteiger partial charge < -0.3 is 15.2 Å². The number of anilines is 1. The van der Waals surface area contributed by atoms with Crippen LogP contribution in [0.3, 0.4) is 0 Å². The highest BCUT2D eigenvalue weighted by Gasteiger charge is 2.45. The summed E-state index contributed by atoms with van der Waals surface area (Å²) < 4.78 is 13.6. The van der Waals surface area contributed by atoms with Gasteiger partial charge in [0.15, 0.2) is 5.13 Å². The molecule has 2 amide bonds. The Morgan fingerprint density at radius 2 is 2.10 bits per heavy atom. The molecule has 2 aromatic heterocycles. The van der Waals surface area contributed by atoms with Crippen LogP contribution >= 0.6 is 11.3 Å². The van der Waals surface area contributed by atoms with Crippen LogP contribution in [-0.4, -0.2) is 33.2 Å². The van der Waals surface area contributed by atoms with Crippen molar-refractivity contribution in [3.8, 4) is 0 Å². The summed E-state index contributed by atoms with van der Waals surface area (Å²) in [6.45, 7) is 4.81. The normalized spacial score (nSPS) is 17.3. The van der Waals surface area contributed by atoms with Crippen LogP contribution in [0, 0.1) is 18.2 Å². The number of thiazole rings is 1. The Labute approximate surface area is 171 Å². The fourth-order valence-corrected chi connectivity index (χ4v) is 4.76. The van der Waals surface area contributed by atoms with Gasteiger partial charge in [0, 0.05) is 34.2 Å². The lowest BCUT2D eigenvalue weighted by Crippen LogP contribution is -2.35. The number of carbonyl (C=O) groups is 2. The van der Waals surface area contributed by atoms with Crippen LogP contribution in [0.15, 0.2) is 18.2 Å². The number of amides is 2. The predicted octanol–water partition coefficient (Wildman–Crippen LogP) is 4.01. The van der Waals surface area contributed by atoms with Crippen LogP contribution in [-0.2, 0) is 17.8 Å². The largest absolute Gasteiger partial charge is 0.350 e. The smallest absolute Gasteiger partial charge is 0.270 e. The standard InChI is InChI=1S/C21H21FN4O2S/c1-11-7-12(22)8-15-13(11)9-16(23-15)18(27)26-6-3-14-17(10-26)29-20(24-14)25-19(28)21(2)4-5-21/h7-9,23H,3-6,10H2,1-2H3,(H,24,25,28). The number of aryl methyl sites for hydroxylation is 1. The van der Waals surface area contributed by atoms with Gasteiger partial charge in [-0.25, -0.2) is 9.37 Å². The number of H-pyrrole nitrogens is 1. The molecular weight excluding hydrogens is 391 g/mol. The van der Waals surface area contributed by atoms with Crippen molar-refractivity contribution in [3.63, 3.8) is 0 Å². The molecule has 0 radical (unpaired) electrons. The van der Waals surface area contributed by atoms with E-state index >= 15 is 0 Å². The van der Waals surface area contributed by atoms with Crippen LogP contribution < -0.4 is 5.32 Å². The average Bonchev–Trinajstić information content (AvgIpc) is 3.12. The lowest BCUT2D eigenvalue weighted by Gasteiger charge is -2.25. The van der Waals surface area contributed by atoms with Gasteiger partial charge >= 0.3 is 0 Å². The number of fused-ring (bicyclic) bond motifs is 2. The van der Waals surface area contributed by atoms with Gasteiger partial charge in [0.05, 0.1) is 12.2 Å². The van der Waals surface area contributed by atoms with Crippen molar-refractivity contribution in [1.82, 2.24) is 14.9 Å². The molecule has 1 aliphatic heterocycles. The lowest BCUT2D eigenvalue weighted by molar-refractivity contribution is -0.120. The van der Waals surface area contributed by atoms with Crippen molar-refractivity contribution in [1.29, 1.82) is 0 Å². The lowest BCUT2D eigenvalue weighted by atomic mass is 10.1. The van der Waals surface area contributed by atoms with Crippen molar-refractivity contribution in [2.75, 3.05) is 11.9 Å². The third-order valence-electron chi connectivity index (χ3n) is 5.93. The topological polar surface area (TPSA) is 78.1 Å². The van der Waals surface area contributed by atoms with E-state index in [1.807, 2.05) is 13.8 Å². The van der Waals surface area contributed by atoms with E-state index in [-0.39, 0.29) is 23.0 Å². The highest BCUT2D eigenvalue weighted by molar-refractivity contribution is 7.15. The van der Waals surface area contributed by atoms with Crippen LogP contribution in [0.2, 0.25) is 0 Å². The molecule has 3 heterocycles. The first-order chi connectivity index (χ1) is 13.8. The maximum atomic E-state index is 13.6. The summed E-state index contributed by atoms with van der Waals surface area (Å²) in [4.78, 5) is 35.7. The Balaban J connectivity index is 1.34. The molecule has 1 fully saturated rings. The SMILES string of the molecule is Cc1cc(F)cc2[nH]c(C(=O)N3CCc4nc(NC(=O)C5(C)CC5)sc4C3)cc12. The van der Waals surface area contributed by atoms with Gasteiger partial charge in [-0.1, -0.05) is 18.3 Å². The molecule has 1 aliphatic carbocycles. The molecule has 8 heteroatoms. The molecule has 2 N–H and O–H groups in total. The van der Waals surface area contributed by atoms with E-state index in [0.717, 1.165) is 34.4 Å². The van der Waals surface area contributed by atoms with E-state index in [9.17, 15) is 14.0 Å². The molecule has 1 saturated carbocycles. The molecular formula is C21H21FN4O2S. The summed E-state index contributed by atoms with van der Waals surface area (Å²) in [5.74, 6) is -0.411. The van der Waals surface area contributed by atoms with Crippen molar-refractivity contribution < 1.29 is 14.0 Å². The molecule has 150 valence electrons. The summed E-state index contributed by atoms with van der Waals surface area (Å²) in [5.41, 5.74) is 2.58. The molecule has 0 bridgehead atoms. The molecule has 6 nitrogen and oxygen atoms in total. The summed E-state index contributed by atoms with van der Waals surface area (Å²) in [6.07, 6.45) is 2.48. The highest BCUT2D eigenvalue weighted by atomic mass is 32.1. The van der Waals surface area contributed by atoms with Crippen molar-refractivity contribution in [3.05, 3.63) is 45.8 Å². The predicted molar refractivity (Wildman–Crippen MR) is 110 cm³/mol. The number of nitrogens with zero attached hydrogens (tertiary/aromatic N) is 2. The maximum absolute atomic E-state index is 13.6. The number of aromatic nitrogens is 2. The van der Waals surface area contributed by atoms with E-state index in [2.05, 4.69) is 15.3 Å². The first-order valence-electron chi connectivity index (χ1n) is 9.71. The van der Waals surface area contributed by atoms with E-state index < -0.39 is 0 Å². The minimum atomic E-state index is -0.322. The average molecular weight is 412 g/mol. The number of nitrogens with one attached hydrogen (secondary N) is 2. The van der Waals surface area contributed by atoms with E-state index in [0.29, 0.717) is 35.9 Å². The van der Waals surface area contributed by atoms with Gasteiger partial charge in [-0.2, -0.15) is 0 Å². The quantitative estimate of drug-likeness (QED) is 0.682. The summed E-state index contributed by atoms with van der Waals surface area (Å²) in [5, 5.41) is 4.39. The van der Waals surface area contributed by atoms with Gasteiger partial charge in [0.2, 0.25) is 5.91 Å². The first kappa shape index (κ1) is 18.3. The fourth-order valence-electron chi connectivity index (χ4n) is 3.75. The molecule has 5 rings (SSSR count). The van der Waals surface area contributed by atoms with Gasteiger partial charge in [-0.3, -0.25) is 9.59 Å². The molecule has 0 atom stereocenters. The second kappa shape index (κ2) is 6.38. The van der Waals surface area contributed by atoms with Crippen molar-refractivity contribution in [2.24, 2.45) is 5.41 Å². The number of carbonyl (C=O) groups excluding carboxylic acids is 2. The van der Waals surface area contributed by atoms with Crippen LogP contribution in [0.25, 0.3) is 10.9 Å². The van der Waals surface area contributed by atoms with Crippen LogP contribution in [0.4, 0.5) is 9.52 Å². The number of hydrogen-bond donors (Lipinski definition) is 2. The Morgan fingerprint density at radius 1 is 1.31 bits per heavy atom. The zero-order chi connectivity index (χ0) is 20.3. The van der Waals surface area contributed by atoms with Crippen LogP contribution in [0.5, 0.6) is 0 Å². The molecule has 2 aliphatic rings. The van der Waals surface area contributed by atoms with Gasteiger partial charge in [-0.05, 0) is 43.5 Å². The second-order valence-electron chi connectivity index (χ2n) is 8.25. The number of benzene rings is 1. The van der Waals surface area contributed by atoms with Crippen molar-refractivity contribution in [2.45, 2.75) is 39.7 Å². The molecule has 0 spiro atoms. The molecule has 0 unspecified atom stereocenters. The van der Waals surface area contributed by atoms with Crippen molar-refractivity contribution >= 4 is 39.2 Å². The Bertz CT molecular complexity index is 1160. The molecule has 29 heavy (non-hydrogen) atoms. The minimum absolute atomic E-state index is 0.0252. The summed E-state index contributed by atoms with van der Waals surface area (Å²) in [7, 11) is 0. The zero-order valence-electron chi connectivity index (χ0n) is 16.3. The Morgan fingerprint density at radius 3 is 2.86 bits per heavy atom. The van der Waals surface area contributed by atoms with Gasteiger partial charge in [0.25, 0.3) is 5.91 Å². The summed E-state index contributed by atoms with van der Waals surface area (Å²) in [6, 6.07) is 4.66. The number of halogens is 1. The number of aromatic amines is 1. The molecule has 3 aromatic rings. The van der Waals surface area contributed by atoms with E-state index in [1.54, 1.807) is 11.0 Å². The third kappa shape index (κ3) is 3.21. The fraction of sp³-hybridized carbons (Fsp3) is 0.381. The Kier molecular flexibility index (Phi) is 4.03. The zero-order valence-corrected chi connectivity index (χ0v) is 17.1. The second-order valence-corrected chi connectivity index (χ2v) is 9.33.